The molecule has 1 aliphatic carbocycles. The number of aromatic hydroxyl groups is 1. The number of para-hydroxylation sites is 1. The van der Waals surface area contributed by atoms with Gasteiger partial charge in [0.05, 0.1) is 0 Å². The maximum atomic E-state index is 9.84. The van der Waals surface area contributed by atoms with Gasteiger partial charge in [0.2, 0.25) is 0 Å². The molecule has 0 heterocycles. The minimum absolute atomic E-state index is 0.141. The third kappa shape index (κ3) is 3.71. The van der Waals surface area contributed by atoms with Gasteiger partial charge in [-0.25, -0.2) is 0 Å². The fourth-order valence-corrected chi connectivity index (χ4v) is 3.09. The number of phenols is 1. The van der Waals surface area contributed by atoms with Crippen molar-refractivity contribution >= 4 is 0 Å². The van der Waals surface area contributed by atoms with Crippen molar-refractivity contribution in [3.8, 4) is 5.75 Å². The van der Waals surface area contributed by atoms with Crippen LogP contribution in [0.4, 0.5) is 0 Å². The third-order valence-corrected chi connectivity index (χ3v) is 4.39. The van der Waals surface area contributed by atoms with Crippen LogP contribution < -0.4 is 5.32 Å². The van der Waals surface area contributed by atoms with E-state index in [2.05, 4.69) is 12.2 Å². The monoisotopic (exact) mass is 263 g/mol. The molecular weight excluding hydrogens is 238 g/mol. The molecule has 1 aromatic carbocycles. The summed E-state index contributed by atoms with van der Waals surface area (Å²) in [5.41, 5.74) is 0.943. The molecule has 3 atom stereocenters. The summed E-state index contributed by atoms with van der Waals surface area (Å²) in [7, 11) is 0. The molecule has 1 aromatic rings. The van der Waals surface area contributed by atoms with Gasteiger partial charge in [-0.3, -0.25) is 0 Å². The second kappa shape index (κ2) is 6.92. The highest BCUT2D eigenvalue weighted by Gasteiger charge is 2.24. The standard InChI is InChI=1S/C16H25NO2/c1-12(15-8-4-5-9-16(15)19)17-10-13-6-2-3-7-14(13)11-18/h4-5,8-9,12-14,17-19H,2-3,6-7,10-11H2,1H3. The fraction of sp³-hybridized carbons (Fsp3) is 0.625. The topological polar surface area (TPSA) is 52.5 Å². The Hall–Kier alpha value is -1.06. The number of aliphatic hydroxyl groups excluding tert-OH is 1. The molecule has 0 radical (unpaired) electrons. The van der Waals surface area contributed by atoms with Crippen molar-refractivity contribution in [1.82, 2.24) is 5.32 Å². The molecule has 1 aliphatic rings. The van der Waals surface area contributed by atoms with E-state index in [1.807, 2.05) is 18.2 Å². The second-order valence-electron chi connectivity index (χ2n) is 5.68. The minimum atomic E-state index is 0.141. The molecule has 106 valence electrons. The zero-order chi connectivity index (χ0) is 13.7. The smallest absolute Gasteiger partial charge is 0.120 e. The molecule has 0 amide bonds. The maximum Gasteiger partial charge on any atom is 0.120 e. The molecule has 0 bridgehead atoms. The summed E-state index contributed by atoms with van der Waals surface area (Å²) < 4.78 is 0. The van der Waals surface area contributed by atoms with Gasteiger partial charge in [-0.05, 0) is 44.2 Å². The van der Waals surface area contributed by atoms with Crippen LogP contribution in [0.3, 0.4) is 0 Å². The fourth-order valence-electron chi connectivity index (χ4n) is 3.09. The van der Waals surface area contributed by atoms with E-state index < -0.39 is 0 Å². The van der Waals surface area contributed by atoms with Gasteiger partial charge in [-0.2, -0.15) is 0 Å². The quantitative estimate of drug-likeness (QED) is 0.765. The Labute approximate surface area is 115 Å². The number of nitrogens with one attached hydrogen (secondary N) is 1. The van der Waals surface area contributed by atoms with Crippen molar-refractivity contribution in [2.24, 2.45) is 11.8 Å². The van der Waals surface area contributed by atoms with Crippen LogP contribution in [0.2, 0.25) is 0 Å². The van der Waals surface area contributed by atoms with Crippen LogP contribution in [-0.2, 0) is 0 Å². The van der Waals surface area contributed by atoms with Gasteiger partial charge in [0.15, 0.2) is 0 Å². The average Bonchev–Trinajstić information content (AvgIpc) is 2.45. The Balaban J connectivity index is 1.89. The molecule has 19 heavy (non-hydrogen) atoms. The van der Waals surface area contributed by atoms with Crippen molar-refractivity contribution in [2.45, 2.75) is 38.6 Å². The van der Waals surface area contributed by atoms with Crippen molar-refractivity contribution < 1.29 is 10.2 Å². The first-order chi connectivity index (χ1) is 9.22. The highest BCUT2D eigenvalue weighted by molar-refractivity contribution is 5.34. The number of benzene rings is 1. The largest absolute Gasteiger partial charge is 0.508 e. The zero-order valence-electron chi connectivity index (χ0n) is 11.7. The molecule has 3 nitrogen and oxygen atoms in total. The Kier molecular flexibility index (Phi) is 5.23. The second-order valence-corrected chi connectivity index (χ2v) is 5.68. The van der Waals surface area contributed by atoms with Gasteiger partial charge in [0.25, 0.3) is 0 Å². The van der Waals surface area contributed by atoms with E-state index in [1.54, 1.807) is 6.07 Å². The van der Waals surface area contributed by atoms with Crippen molar-refractivity contribution in [3.63, 3.8) is 0 Å². The summed E-state index contributed by atoms with van der Waals surface area (Å²) >= 11 is 0. The highest BCUT2D eigenvalue weighted by Crippen LogP contribution is 2.30. The number of hydrogen-bond donors (Lipinski definition) is 3. The van der Waals surface area contributed by atoms with E-state index in [-0.39, 0.29) is 6.04 Å². The molecule has 3 unspecified atom stereocenters. The Morgan fingerprint density at radius 3 is 2.58 bits per heavy atom. The Bertz CT molecular complexity index is 394. The third-order valence-electron chi connectivity index (χ3n) is 4.39. The first-order valence-electron chi connectivity index (χ1n) is 7.34. The van der Waals surface area contributed by atoms with E-state index >= 15 is 0 Å². The number of rotatable bonds is 5. The van der Waals surface area contributed by atoms with E-state index in [0.717, 1.165) is 18.5 Å². The van der Waals surface area contributed by atoms with Crippen LogP contribution in [0.1, 0.15) is 44.2 Å². The van der Waals surface area contributed by atoms with E-state index in [0.29, 0.717) is 24.2 Å². The average molecular weight is 263 g/mol. The molecule has 3 N–H and O–H groups in total. The van der Waals surface area contributed by atoms with Gasteiger partial charge in [-0.1, -0.05) is 31.0 Å². The molecule has 1 saturated carbocycles. The lowest BCUT2D eigenvalue weighted by Gasteiger charge is -2.31. The van der Waals surface area contributed by atoms with Crippen LogP contribution in [0, 0.1) is 11.8 Å². The predicted octanol–water partition coefficient (Wildman–Crippen LogP) is 2.84. The molecular formula is C16H25NO2. The van der Waals surface area contributed by atoms with Crippen LogP contribution in [0.25, 0.3) is 0 Å². The minimum Gasteiger partial charge on any atom is -0.508 e. The van der Waals surface area contributed by atoms with Gasteiger partial charge < -0.3 is 15.5 Å². The van der Waals surface area contributed by atoms with Crippen LogP contribution in [0.15, 0.2) is 24.3 Å². The lowest BCUT2D eigenvalue weighted by Crippen LogP contribution is -2.33. The van der Waals surface area contributed by atoms with Crippen LogP contribution in [-0.4, -0.2) is 23.4 Å². The van der Waals surface area contributed by atoms with Gasteiger partial charge in [-0.15, -0.1) is 0 Å². The molecule has 0 aliphatic heterocycles. The molecule has 0 aromatic heterocycles. The lowest BCUT2D eigenvalue weighted by molar-refractivity contribution is 0.131. The highest BCUT2D eigenvalue weighted by atomic mass is 16.3. The summed E-state index contributed by atoms with van der Waals surface area (Å²) in [5, 5.41) is 22.8. The summed E-state index contributed by atoms with van der Waals surface area (Å²) in [5.74, 6) is 1.36. The van der Waals surface area contributed by atoms with E-state index in [9.17, 15) is 10.2 Å². The van der Waals surface area contributed by atoms with Gasteiger partial charge in [0.1, 0.15) is 5.75 Å². The number of hydrogen-bond acceptors (Lipinski definition) is 3. The summed E-state index contributed by atoms with van der Waals surface area (Å²) in [6, 6.07) is 7.61. The predicted molar refractivity (Wildman–Crippen MR) is 77.1 cm³/mol. The summed E-state index contributed by atoms with van der Waals surface area (Å²) in [6.45, 7) is 3.30. The number of aliphatic hydroxyl groups is 1. The SMILES string of the molecule is CC(NCC1CCCCC1CO)c1ccccc1O. The van der Waals surface area contributed by atoms with Crippen LogP contribution in [0.5, 0.6) is 5.75 Å². The Morgan fingerprint density at radius 2 is 1.89 bits per heavy atom. The summed E-state index contributed by atoms with van der Waals surface area (Å²) in [4.78, 5) is 0. The molecule has 1 fully saturated rings. The number of phenolic OH excluding ortho intramolecular Hbond substituents is 1. The zero-order valence-corrected chi connectivity index (χ0v) is 11.7. The van der Waals surface area contributed by atoms with Crippen LogP contribution >= 0.6 is 0 Å². The first kappa shape index (κ1) is 14.4. The molecule has 0 saturated heterocycles. The van der Waals surface area contributed by atoms with Gasteiger partial charge >= 0.3 is 0 Å². The van der Waals surface area contributed by atoms with E-state index in [1.165, 1.54) is 19.3 Å². The van der Waals surface area contributed by atoms with Crippen molar-refractivity contribution in [2.75, 3.05) is 13.2 Å². The molecule has 0 spiro atoms. The Morgan fingerprint density at radius 1 is 1.21 bits per heavy atom. The molecule has 3 heteroatoms. The first-order valence-corrected chi connectivity index (χ1v) is 7.34. The van der Waals surface area contributed by atoms with Gasteiger partial charge in [0, 0.05) is 18.2 Å². The lowest BCUT2D eigenvalue weighted by atomic mass is 9.79. The maximum absolute atomic E-state index is 9.84. The summed E-state index contributed by atoms with van der Waals surface area (Å²) in [6.07, 6.45) is 4.87. The normalized spacial score (nSPS) is 25.2. The van der Waals surface area contributed by atoms with E-state index in [4.69, 9.17) is 0 Å². The van der Waals surface area contributed by atoms with Crippen molar-refractivity contribution in [3.05, 3.63) is 29.8 Å². The molecule has 2 rings (SSSR count). The van der Waals surface area contributed by atoms with Crippen molar-refractivity contribution in [1.29, 1.82) is 0 Å².